The number of rotatable bonds is 8. The fraction of sp³-hybridized carbons (Fsp3) is 0.435. The van der Waals surface area contributed by atoms with Gasteiger partial charge in [-0.1, -0.05) is 17.7 Å². The number of nitrogens with zero attached hydrogens (tertiary/aromatic N) is 2. The van der Waals surface area contributed by atoms with Crippen molar-refractivity contribution in [1.82, 2.24) is 14.5 Å². The predicted molar refractivity (Wildman–Crippen MR) is 122 cm³/mol. The van der Waals surface area contributed by atoms with Gasteiger partial charge < -0.3 is 14.8 Å². The van der Waals surface area contributed by atoms with Crippen LogP contribution in [0.5, 0.6) is 11.5 Å². The zero-order valence-corrected chi connectivity index (χ0v) is 19.8. The monoisotopic (exact) mass is 461 g/mol. The fourth-order valence-electron chi connectivity index (χ4n) is 3.73. The van der Waals surface area contributed by atoms with Gasteiger partial charge in [0.1, 0.15) is 11.5 Å². The molecular formula is C23H31N3O5S. The van der Waals surface area contributed by atoms with Gasteiger partial charge in [-0.15, -0.1) is 0 Å². The second-order valence-electron chi connectivity index (χ2n) is 7.89. The molecule has 32 heavy (non-hydrogen) atoms. The Bertz CT molecular complexity index is 1030. The van der Waals surface area contributed by atoms with Gasteiger partial charge in [0.25, 0.3) is 0 Å². The lowest BCUT2D eigenvalue weighted by Crippen LogP contribution is -2.51. The van der Waals surface area contributed by atoms with Crippen molar-refractivity contribution in [2.75, 3.05) is 46.9 Å². The van der Waals surface area contributed by atoms with E-state index in [1.54, 1.807) is 44.6 Å². The van der Waals surface area contributed by atoms with E-state index < -0.39 is 10.0 Å². The molecular weight excluding hydrogens is 430 g/mol. The van der Waals surface area contributed by atoms with Gasteiger partial charge in [0.2, 0.25) is 15.9 Å². The van der Waals surface area contributed by atoms with Crippen molar-refractivity contribution < 1.29 is 22.7 Å². The van der Waals surface area contributed by atoms with Gasteiger partial charge in [0.15, 0.2) is 0 Å². The van der Waals surface area contributed by atoms with Crippen LogP contribution in [0.4, 0.5) is 0 Å². The first-order valence-electron chi connectivity index (χ1n) is 10.5. The summed E-state index contributed by atoms with van der Waals surface area (Å²) in [5.41, 5.74) is 1.84. The molecule has 0 spiro atoms. The molecule has 1 saturated heterocycles. The van der Waals surface area contributed by atoms with Crippen LogP contribution in [0.3, 0.4) is 0 Å². The summed E-state index contributed by atoms with van der Waals surface area (Å²) in [5.74, 6) is 1.23. The molecule has 1 atom stereocenters. The highest BCUT2D eigenvalue weighted by Crippen LogP contribution is 2.29. The second-order valence-corrected chi connectivity index (χ2v) is 9.83. The minimum atomic E-state index is -3.52. The number of carbonyl (C=O) groups excluding carboxylic acids is 1. The third-order valence-electron chi connectivity index (χ3n) is 5.64. The first-order chi connectivity index (χ1) is 15.2. The Morgan fingerprint density at radius 1 is 1.03 bits per heavy atom. The van der Waals surface area contributed by atoms with Gasteiger partial charge in [-0.25, -0.2) is 8.42 Å². The number of aryl methyl sites for hydroxylation is 1. The lowest BCUT2D eigenvalue weighted by atomic mass is 10.1. The van der Waals surface area contributed by atoms with E-state index in [4.69, 9.17) is 9.47 Å². The van der Waals surface area contributed by atoms with E-state index in [9.17, 15) is 13.2 Å². The second kappa shape index (κ2) is 10.3. The Hall–Kier alpha value is -2.62. The number of benzene rings is 2. The van der Waals surface area contributed by atoms with Crippen LogP contribution < -0.4 is 14.8 Å². The first-order valence-corrected chi connectivity index (χ1v) is 12.0. The highest BCUT2D eigenvalue weighted by atomic mass is 32.2. The molecule has 9 heteroatoms. The summed E-state index contributed by atoms with van der Waals surface area (Å²) in [4.78, 5) is 14.9. The normalized spacial score (nSPS) is 16.4. The molecule has 0 aliphatic carbocycles. The molecule has 1 N–H and O–H groups in total. The van der Waals surface area contributed by atoms with Crippen molar-refractivity contribution in [3.05, 3.63) is 53.6 Å². The van der Waals surface area contributed by atoms with Crippen LogP contribution in [-0.4, -0.2) is 70.5 Å². The smallest absolute Gasteiger partial charge is 0.243 e. The molecule has 3 rings (SSSR count). The molecule has 0 unspecified atom stereocenters. The SMILES string of the molecule is COc1ccc(OC)c([C@H](C)NC(=O)CN2CCN(S(=O)(=O)c3ccc(C)cc3)CC2)c1. The summed E-state index contributed by atoms with van der Waals surface area (Å²) in [6.45, 7) is 5.71. The summed E-state index contributed by atoms with van der Waals surface area (Å²) in [6.07, 6.45) is 0. The van der Waals surface area contributed by atoms with Gasteiger partial charge in [-0.3, -0.25) is 9.69 Å². The minimum Gasteiger partial charge on any atom is -0.497 e. The zero-order valence-electron chi connectivity index (χ0n) is 19.0. The minimum absolute atomic E-state index is 0.128. The molecule has 0 aromatic heterocycles. The number of piperazine rings is 1. The lowest BCUT2D eigenvalue weighted by Gasteiger charge is -2.33. The maximum atomic E-state index is 12.8. The Morgan fingerprint density at radius 2 is 1.69 bits per heavy atom. The average molecular weight is 462 g/mol. The first kappa shape index (κ1) is 24.0. The number of hydrogen-bond acceptors (Lipinski definition) is 6. The summed E-state index contributed by atoms with van der Waals surface area (Å²) in [6, 6.07) is 12.1. The number of carbonyl (C=O) groups is 1. The Morgan fingerprint density at radius 3 is 2.28 bits per heavy atom. The van der Waals surface area contributed by atoms with Crippen LogP contribution in [0.1, 0.15) is 24.1 Å². The Labute approximate surface area is 190 Å². The van der Waals surface area contributed by atoms with Gasteiger partial charge in [-0.2, -0.15) is 4.31 Å². The van der Waals surface area contributed by atoms with E-state index >= 15 is 0 Å². The van der Waals surface area contributed by atoms with Gasteiger partial charge in [-0.05, 0) is 44.2 Å². The van der Waals surface area contributed by atoms with Crippen LogP contribution in [0, 0.1) is 6.92 Å². The van der Waals surface area contributed by atoms with Crippen LogP contribution in [-0.2, 0) is 14.8 Å². The van der Waals surface area contributed by atoms with Crippen molar-refractivity contribution in [2.45, 2.75) is 24.8 Å². The zero-order chi connectivity index (χ0) is 23.3. The molecule has 174 valence electrons. The van der Waals surface area contributed by atoms with Crippen molar-refractivity contribution in [3.8, 4) is 11.5 Å². The molecule has 1 heterocycles. The number of nitrogens with one attached hydrogen (secondary N) is 1. The van der Waals surface area contributed by atoms with Crippen LogP contribution in [0.15, 0.2) is 47.4 Å². The predicted octanol–water partition coefficient (Wildman–Crippen LogP) is 2.20. The molecule has 8 nitrogen and oxygen atoms in total. The van der Waals surface area contributed by atoms with E-state index in [0.29, 0.717) is 42.6 Å². The maximum Gasteiger partial charge on any atom is 0.243 e. The molecule has 0 bridgehead atoms. The molecule has 0 radical (unpaired) electrons. The van der Waals surface area contributed by atoms with E-state index in [1.807, 2.05) is 30.9 Å². The average Bonchev–Trinajstić information content (AvgIpc) is 2.79. The summed E-state index contributed by atoms with van der Waals surface area (Å²) in [7, 11) is -0.342. The number of methoxy groups -OCH3 is 2. The molecule has 0 saturated carbocycles. The Kier molecular flexibility index (Phi) is 7.76. The van der Waals surface area contributed by atoms with Crippen molar-refractivity contribution in [1.29, 1.82) is 0 Å². The Balaban J connectivity index is 1.55. The molecule has 2 aromatic rings. The van der Waals surface area contributed by atoms with E-state index in [1.165, 1.54) is 4.31 Å². The highest BCUT2D eigenvalue weighted by molar-refractivity contribution is 7.89. The standard InChI is InChI=1S/C23H31N3O5S/c1-17-5-8-20(9-6-17)32(28,29)26-13-11-25(12-14-26)16-23(27)24-18(2)21-15-19(30-3)7-10-22(21)31-4/h5-10,15,18H,11-14,16H2,1-4H3,(H,24,27)/t18-/m0/s1. The molecule has 2 aromatic carbocycles. The topological polar surface area (TPSA) is 88.2 Å². The fourth-order valence-corrected chi connectivity index (χ4v) is 5.16. The van der Waals surface area contributed by atoms with Crippen molar-refractivity contribution in [3.63, 3.8) is 0 Å². The summed E-state index contributed by atoms with van der Waals surface area (Å²) in [5, 5.41) is 2.99. The number of ether oxygens (including phenoxy) is 2. The highest BCUT2D eigenvalue weighted by Gasteiger charge is 2.29. The summed E-state index contributed by atoms with van der Waals surface area (Å²) < 4.78 is 37.9. The molecule has 1 fully saturated rings. The van der Waals surface area contributed by atoms with Crippen LogP contribution in [0.25, 0.3) is 0 Å². The van der Waals surface area contributed by atoms with E-state index in [-0.39, 0.29) is 18.5 Å². The quantitative estimate of drug-likeness (QED) is 0.649. The molecule has 1 amide bonds. The maximum absolute atomic E-state index is 12.8. The van der Waals surface area contributed by atoms with Gasteiger partial charge in [0.05, 0.1) is 31.7 Å². The van der Waals surface area contributed by atoms with Crippen molar-refractivity contribution >= 4 is 15.9 Å². The number of hydrogen-bond donors (Lipinski definition) is 1. The third kappa shape index (κ3) is 5.59. The van der Waals surface area contributed by atoms with Gasteiger partial charge in [0, 0.05) is 31.7 Å². The number of sulfonamides is 1. The van der Waals surface area contributed by atoms with Crippen molar-refractivity contribution in [2.24, 2.45) is 0 Å². The molecule has 1 aliphatic rings. The van der Waals surface area contributed by atoms with Gasteiger partial charge >= 0.3 is 0 Å². The molecule has 1 aliphatic heterocycles. The third-order valence-corrected chi connectivity index (χ3v) is 7.55. The largest absolute Gasteiger partial charge is 0.497 e. The van der Waals surface area contributed by atoms with Crippen LogP contribution >= 0.6 is 0 Å². The van der Waals surface area contributed by atoms with E-state index in [2.05, 4.69) is 5.32 Å². The number of amides is 1. The summed E-state index contributed by atoms with van der Waals surface area (Å²) >= 11 is 0. The van der Waals surface area contributed by atoms with E-state index in [0.717, 1.165) is 11.1 Å². The van der Waals surface area contributed by atoms with Crippen LogP contribution in [0.2, 0.25) is 0 Å². The lowest BCUT2D eigenvalue weighted by molar-refractivity contribution is -0.123.